The second-order valence-corrected chi connectivity index (χ2v) is 1.34. The van der Waals surface area contributed by atoms with Crippen molar-refractivity contribution in [3.63, 3.8) is 0 Å². The average molecular weight is 235 g/mol. The van der Waals surface area contributed by atoms with E-state index in [1.807, 2.05) is 0 Å². The van der Waals surface area contributed by atoms with E-state index < -0.39 is 7.82 Å². The van der Waals surface area contributed by atoms with Crippen LogP contribution in [0.5, 0.6) is 0 Å². The van der Waals surface area contributed by atoms with Crippen molar-refractivity contribution in [2.24, 2.45) is 0 Å². The Kier molecular flexibility index (Phi) is 13.5. The summed E-state index contributed by atoms with van der Waals surface area (Å²) in [6, 6.07) is 0. The first-order valence-electron chi connectivity index (χ1n) is 0.730. The molecule has 0 N–H and O–H groups in total. The standard InChI is InChI=1S/H3O4P.V.Y/c1-5(2,3)4;;/h(H3,1,2,3,4);;/q;+5;+3/p-3. The van der Waals surface area contributed by atoms with E-state index in [0.29, 0.717) is 0 Å². The molecule has 0 aliphatic rings. The van der Waals surface area contributed by atoms with Crippen LogP contribution in [-0.2, 0) is 55.8 Å². The zero-order valence-electron chi connectivity index (χ0n) is 3.10. The van der Waals surface area contributed by atoms with Gasteiger partial charge in [0.05, 0.1) is 0 Å². The Morgan fingerprint density at radius 1 is 1.14 bits per heavy atom. The fourth-order valence-corrected chi connectivity index (χ4v) is 0. The van der Waals surface area contributed by atoms with E-state index in [4.69, 9.17) is 19.2 Å². The first-order valence-corrected chi connectivity index (χ1v) is 2.19. The van der Waals surface area contributed by atoms with E-state index in [1.165, 1.54) is 0 Å². The van der Waals surface area contributed by atoms with Crippen LogP contribution in [0.4, 0.5) is 0 Å². The molecule has 7 heavy (non-hydrogen) atoms. The summed E-state index contributed by atoms with van der Waals surface area (Å²) in [6.07, 6.45) is 0. The molecular formula is O4PVY+5. The SMILES string of the molecule is O=P([O-])([O-])[O-].[V+5].[Y+3]. The fourth-order valence-electron chi connectivity index (χ4n) is 0. The van der Waals surface area contributed by atoms with Crippen molar-refractivity contribution in [3.8, 4) is 0 Å². The summed E-state index contributed by atoms with van der Waals surface area (Å²) in [7, 11) is -5.39. The summed E-state index contributed by atoms with van der Waals surface area (Å²) in [6.45, 7) is 0. The predicted molar refractivity (Wildman–Crippen MR) is 7.61 cm³/mol. The van der Waals surface area contributed by atoms with Gasteiger partial charge in [-0.2, -0.15) is 7.82 Å². The molecule has 0 atom stereocenters. The molecule has 0 aromatic rings. The van der Waals surface area contributed by atoms with Gasteiger partial charge in [-0.15, -0.1) is 0 Å². The number of hydrogen-bond donors (Lipinski definition) is 0. The first-order chi connectivity index (χ1) is 2.00. The summed E-state index contributed by atoms with van der Waals surface area (Å²) in [5.74, 6) is 0. The third kappa shape index (κ3) is 81.1. The molecule has 0 radical (unpaired) electrons. The molecule has 4 nitrogen and oxygen atoms in total. The van der Waals surface area contributed by atoms with E-state index in [0.717, 1.165) is 0 Å². The van der Waals surface area contributed by atoms with Gasteiger partial charge in [0, 0.05) is 0 Å². The van der Waals surface area contributed by atoms with E-state index in [9.17, 15) is 0 Å². The molecule has 7 heteroatoms. The summed E-state index contributed by atoms with van der Waals surface area (Å²) in [4.78, 5) is 25.6. The van der Waals surface area contributed by atoms with Crippen LogP contribution in [0, 0.1) is 0 Å². The van der Waals surface area contributed by atoms with E-state index >= 15 is 0 Å². The average Bonchev–Trinajstić information content (AvgIpc) is 0.722. The molecule has 0 aliphatic carbocycles. The zero-order valence-corrected chi connectivity index (χ0v) is 8.23. The van der Waals surface area contributed by atoms with Crippen LogP contribution in [-0.4, -0.2) is 0 Å². The Balaban J connectivity index is -0.0000000800. The molecule has 0 saturated carbocycles. The van der Waals surface area contributed by atoms with E-state index in [2.05, 4.69) is 0 Å². The van der Waals surface area contributed by atoms with Gasteiger partial charge in [0.15, 0.2) is 0 Å². The molecule has 0 fully saturated rings. The van der Waals surface area contributed by atoms with Crippen LogP contribution in [0.1, 0.15) is 0 Å². The van der Waals surface area contributed by atoms with E-state index in [-0.39, 0.29) is 51.3 Å². The number of rotatable bonds is 0. The molecular weight excluding hydrogens is 235 g/mol. The van der Waals surface area contributed by atoms with Crippen LogP contribution in [0.3, 0.4) is 0 Å². The van der Waals surface area contributed by atoms with Gasteiger partial charge < -0.3 is 19.2 Å². The molecule has 0 rings (SSSR count). The van der Waals surface area contributed by atoms with E-state index in [1.54, 1.807) is 0 Å². The molecule has 0 unspecified atom stereocenters. The van der Waals surface area contributed by atoms with Gasteiger partial charge in [-0.25, -0.2) is 0 Å². The number of hydrogen-bond acceptors (Lipinski definition) is 4. The quantitative estimate of drug-likeness (QED) is 0.423. The first kappa shape index (κ1) is 15.9. The minimum Gasteiger partial charge on any atom is -0.822 e. The Hall–Kier alpha value is 1.80. The third-order valence-electron chi connectivity index (χ3n) is 0. The normalized spacial score (nSPS) is 8.43. The molecule has 0 amide bonds. The molecule has 0 aromatic carbocycles. The summed E-state index contributed by atoms with van der Waals surface area (Å²) >= 11 is 0. The molecule has 0 saturated heterocycles. The van der Waals surface area contributed by atoms with Crippen molar-refractivity contribution >= 4 is 7.82 Å². The third-order valence-corrected chi connectivity index (χ3v) is 0. The molecule has 32 valence electrons. The van der Waals surface area contributed by atoms with Gasteiger partial charge >= 0.3 is 51.3 Å². The Morgan fingerprint density at radius 3 is 1.14 bits per heavy atom. The van der Waals surface area contributed by atoms with Gasteiger partial charge in [-0.05, 0) is 0 Å². The summed E-state index contributed by atoms with van der Waals surface area (Å²) in [5, 5.41) is 0. The largest absolute Gasteiger partial charge is 5.00 e. The maximum atomic E-state index is 8.55. The zero-order chi connectivity index (χ0) is 4.50. The topological polar surface area (TPSA) is 86.2 Å². The van der Waals surface area contributed by atoms with Gasteiger partial charge in [0.25, 0.3) is 0 Å². The second-order valence-electron chi connectivity index (χ2n) is 0.447. The molecule has 0 aliphatic heterocycles. The molecule has 0 spiro atoms. The fraction of sp³-hybridized carbons (Fsp3) is 0. The Labute approximate surface area is 77.7 Å². The smallest absolute Gasteiger partial charge is 0.822 e. The summed E-state index contributed by atoms with van der Waals surface area (Å²) in [5.41, 5.74) is 0. The second kappa shape index (κ2) is 5.93. The van der Waals surface area contributed by atoms with Gasteiger partial charge in [0.2, 0.25) is 0 Å². The summed E-state index contributed by atoms with van der Waals surface area (Å²) < 4.78 is 8.55. The number of phosphoric acid groups is 1. The van der Waals surface area contributed by atoms with Crippen molar-refractivity contribution in [2.75, 3.05) is 0 Å². The van der Waals surface area contributed by atoms with Crippen LogP contribution < -0.4 is 14.7 Å². The van der Waals surface area contributed by atoms with Crippen molar-refractivity contribution in [3.05, 3.63) is 0 Å². The maximum absolute atomic E-state index is 8.55. The van der Waals surface area contributed by atoms with Crippen LogP contribution >= 0.6 is 7.82 Å². The molecule has 0 bridgehead atoms. The minimum absolute atomic E-state index is 0. The van der Waals surface area contributed by atoms with Crippen molar-refractivity contribution in [1.29, 1.82) is 0 Å². The van der Waals surface area contributed by atoms with Crippen LogP contribution in [0.15, 0.2) is 0 Å². The van der Waals surface area contributed by atoms with Crippen molar-refractivity contribution < 1.29 is 70.5 Å². The Morgan fingerprint density at radius 2 is 1.14 bits per heavy atom. The van der Waals surface area contributed by atoms with Crippen molar-refractivity contribution in [2.45, 2.75) is 0 Å². The van der Waals surface area contributed by atoms with Gasteiger partial charge in [-0.3, -0.25) is 0 Å². The van der Waals surface area contributed by atoms with Crippen LogP contribution in [0.2, 0.25) is 0 Å². The predicted octanol–water partition coefficient (Wildman–Crippen LogP) is -2.83. The molecule has 0 aromatic heterocycles. The van der Waals surface area contributed by atoms with Crippen molar-refractivity contribution in [1.82, 2.24) is 0 Å². The monoisotopic (exact) mass is 235 g/mol. The Bertz CT molecular complexity index is 57.8. The van der Waals surface area contributed by atoms with Gasteiger partial charge in [-0.1, -0.05) is 0 Å². The maximum Gasteiger partial charge on any atom is 5.00 e. The van der Waals surface area contributed by atoms with Gasteiger partial charge in [0.1, 0.15) is 0 Å². The molecule has 0 heterocycles. The van der Waals surface area contributed by atoms with Crippen LogP contribution in [0.25, 0.3) is 0 Å². The minimum atomic E-state index is -5.39.